The third kappa shape index (κ3) is 3.33. The Morgan fingerprint density at radius 1 is 0.381 bits per heavy atom. The predicted molar refractivity (Wildman–Crippen MR) is 43.3 cm³/mol. The van der Waals surface area contributed by atoms with E-state index >= 15 is 0 Å². The minimum Gasteiger partial charge on any atom is -0.246 e. The first kappa shape index (κ1) is 18.2. The SMILES string of the molecule is FC1C(C(F)(F)F)C(F)C(C(F)(F)F)C(F)C1C(F)(F)F. The predicted octanol–water partition coefficient (Wildman–Crippen LogP) is 4.55. The van der Waals surface area contributed by atoms with Gasteiger partial charge in [-0.15, -0.1) is 0 Å². The summed E-state index contributed by atoms with van der Waals surface area (Å²) in [6.07, 6.45) is -30.7. The van der Waals surface area contributed by atoms with Gasteiger partial charge in [0, 0.05) is 0 Å². The number of halogens is 12. The van der Waals surface area contributed by atoms with Crippen LogP contribution >= 0.6 is 0 Å². The molecule has 1 aliphatic rings. The Bertz CT molecular complexity index is 295. The van der Waals surface area contributed by atoms with Gasteiger partial charge in [-0.1, -0.05) is 0 Å². The van der Waals surface area contributed by atoms with Crippen LogP contribution in [0.2, 0.25) is 0 Å². The molecule has 0 aromatic heterocycles. The van der Waals surface area contributed by atoms with Gasteiger partial charge >= 0.3 is 18.5 Å². The molecule has 126 valence electrons. The first-order valence-electron chi connectivity index (χ1n) is 5.22. The zero-order chi connectivity index (χ0) is 17.0. The summed E-state index contributed by atoms with van der Waals surface area (Å²) >= 11 is 0. The highest BCUT2D eigenvalue weighted by Gasteiger charge is 2.71. The molecule has 21 heavy (non-hydrogen) atoms. The number of hydrogen-bond donors (Lipinski definition) is 0. The Kier molecular flexibility index (Phi) is 4.43. The highest BCUT2D eigenvalue weighted by molar-refractivity contribution is 5.04. The smallest absolute Gasteiger partial charge is 0.246 e. The fourth-order valence-corrected chi connectivity index (χ4v) is 2.28. The van der Waals surface area contributed by atoms with Gasteiger partial charge in [-0.05, 0) is 0 Å². The van der Waals surface area contributed by atoms with Crippen molar-refractivity contribution in [3.63, 3.8) is 0 Å². The Balaban J connectivity index is 3.38. The molecule has 0 radical (unpaired) electrons. The highest BCUT2D eigenvalue weighted by atomic mass is 19.4. The van der Waals surface area contributed by atoms with Crippen molar-refractivity contribution >= 4 is 0 Å². The molecule has 1 aliphatic carbocycles. The Morgan fingerprint density at radius 2 is 0.524 bits per heavy atom. The van der Waals surface area contributed by atoms with Crippen LogP contribution in [-0.4, -0.2) is 37.0 Å². The molecular formula is C9H6F12. The maximum absolute atomic E-state index is 13.3. The van der Waals surface area contributed by atoms with Gasteiger partial charge in [0.15, 0.2) is 0 Å². The molecular weight excluding hydrogens is 336 g/mol. The lowest BCUT2D eigenvalue weighted by atomic mass is 9.70. The van der Waals surface area contributed by atoms with Gasteiger partial charge in [0.25, 0.3) is 0 Å². The van der Waals surface area contributed by atoms with Crippen molar-refractivity contribution in [2.24, 2.45) is 17.8 Å². The van der Waals surface area contributed by atoms with Gasteiger partial charge in [0.1, 0.15) is 36.3 Å². The summed E-state index contributed by atoms with van der Waals surface area (Å²) in [4.78, 5) is 0. The van der Waals surface area contributed by atoms with E-state index in [0.717, 1.165) is 0 Å². The third-order valence-corrected chi connectivity index (χ3v) is 3.19. The molecule has 0 aromatic carbocycles. The minimum absolute atomic E-state index is 4.20. The van der Waals surface area contributed by atoms with Gasteiger partial charge < -0.3 is 0 Å². The van der Waals surface area contributed by atoms with E-state index in [2.05, 4.69) is 0 Å². The molecule has 0 nitrogen and oxygen atoms in total. The lowest BCUT2D eigenvalue weighted by Crippen LogP contribution is -2.62. The second kappa shape index (κ2) is 5.11. The summed E-state index contributed by atoms with van der Waals surface area (Å²) in [5, 5.41) is 0. The largest absolute Gasteiger partial charge is 0.397 e. The van der Waals surface area contributed by atoms with Crippen molar-refractivity contribution in [1.82, 2.24) is 0 Å². The molecule has 0 heterocycles. The molecule has 0 aliphatic heterocycles. The fraction of sp³-hybridized carbons (Fsp3) is 1.00. The van der Waals surface area contributed by atoms with E-state index in [-0.39, 0.29) is 0 Å². The molecule has 0 unspecified atom stereocenters. The fourth-order valence-electron chi connectivity index (χ4n) is 2.28. The molecule has 12 heteroatoms. The molecule has 1 saturated carbocycles. The summed E-state index contributed by atoms with van der Waals surface area (Å²) in [5.74, 6) is -12.6. The first-order valence-corrected chi connectivity index (χ1v) is 5.22. The third-order valence-electron chi connectivity index (χ3n) is 3.19. The maximum atomic E-state index is 13.3. The second-order valence-electron chi connectivity index (χ2n) is 4.54. The van der Waals surface area contributed by atoms with Gasteiger partial charge in [0.05, 0.1) is 0 Å². The van der Waals surface area contributed by atoms with E-state index in [9.17, 15) is 52.7 Å². The van der Waals surface area contributed by atoms with E-state index < -0.39 is 54.8 Å². The Labute approximate surface area is 109 Å². The van der Waals surface area contributed by atoms with Crippen LogP contribution in [0.5, 0.6) is 0 Å². The average molecular weight is 342 g/mol. The van der Waals surface area contributed by atoms with Crippen molar-refractivity contribution in [2.45, 2.75) is 37.0 Å². The lowest BCUT2D eigenvalue weighted by molar-refractivity contribution is -0.317. The standard InChI is InChI=1S/C9H6F12/c10-4-1(7(13,14)15)5(11)3(9(19,20)21)6(12)2(4)8(16,17)18/h1-6H. The molecule has 1 fully saturated rings. The van der Waals surface area contributed by atoms with E-state index in [1.165, 1.54) is 0 Å². The van der Waals surface area contributed by atoms with Gasteiger partial charge in [-0.3, -0.25) is 0 Å². The van der Waals surface area contributed by atoms with Crippen LogP contribution in [0.1, 0.15) is 0 Å². The van der Waals surface area contributed by atoms with E-state index in [1.807, 2.05) is 0 Å². The van der Waals surface area contributed by atoms with Gasteiger partial charge in [-0.2, -0.15) is 39.5 Å². The zero-order valence-corrected chi connectivity index (χ0v) is 9.50. The Hall–Kier alpha value is -0.840. The molecule has 0 aromatic rings. The minimum atomic E-state index is -6.02. The summed E-state index contributed by atoms with van der Waals surface area (Å²) in [6, 6.07) is 0. The average Bonchev–Trinajstić information content (AvgIpc) is 2.07. The molecule has 0 spiro atoms. The molecule has 1 rings (SSSR count). The van der Waals surface area contributed by atoms with Crippen molar-refractivity contribution < 1.29 is 52.7 Å². The number of hydrogen-bond acceptors (Lipinski definition) is 0. The van der Waals surface area contributed by atoms with Crippen LogP contribution in [0.25, 0.3) is 0 Å². The Morgan fingerprint density at radius 3 is 0.619 bits per heavy atom. The highest BCUT2D eigenvalue weighted by Crippen LogP contribution is 2.54. The van der Waals surface area contributed by atoms with E-state index in [4.69, 9.17) is 0 Å². The van der Waals surface area contributed by atoms with Gasteiger partial charge in [0.2, 0.25) is 0 Å². The number of rotatable bonds is 0. The van der Waals surface area contributed by atoms with E-state index in [1.54, 1.807) is 0 Å². The van der Waals surface area contributed by atoms with Crippen LogP contribution in [0.4, 0.5) is 52.7 Å². The van der Waals surface area contributed by atoms with Crippen LogP contribution in [-0.2, 0) is 0 Å². The normalized spacial score (nSPS) is 39.4. The molecule has 0 bridgehead atoms. The summed E-state index contributed by atoms with van der Waals surface area (Å²) in [5.41, 5.74) is 0. The molecule has 0 amide bonds. The molecule has 0 atom stereocenters. The summed E-state index contributed by atoms with van der Waals surface area (Å²) in [7, 11) is 0. The number of alkyl halides is 12. The van der Waals surface area contributed by atoms with Crippen LogP contribution in [0, 0.1) is 17.8 Å². The van der Waals surface area contributed by atoms with Crippen molar-refractivity contribution in [3.8, 4) is 0 Å². The molecule has 0 N–H and O–H groups in total. The first-order chi connectivity index (χ1) is 9.10. The zero-order valence-electron chi connectivity index (χ0n) is 9.50. The lowest BCUT2D eigenvalue weighted by Gasteiger charge is -2.44. The second-order valence-corrected chi connectivity index (χ2v) is 4.54. The quantitative estimate of drug-likeness (QED) is 0.567. The molecule has 0 saturated heterocycles. The van der Waals surface area contributed by atoms with Crippen LogP contribution in [0.3, 0.4) is 0 Å². The summed E-state index contributed by atoms with van der Waals surface area (Å²) in [6.45, 7) is 0. The van der Waals surface area contributed by atoms with E-state index in [0.29, 0.717) is 0 Å². The monoisotopic (exact) mass is 342 g/mol. The van der Waals surface area contributed by atoms with Crippen molar-refractivity contribution in [2.75, 3.05) is 0 Å². The van der Waals surface area contributed by atoms with Crippen LogP contribution in [0.15, 0.2) is 0 Å². The van der Waals surface area contributed by atoms with Crippen molar-refractivity contribution in [1.29, 1.82) is 0 Å². The maximum Gasteiger partial charge on any atom is 0.397 e. The van der Waals surface area contributed by atoms with Crippen LogP contribution < -0.4 is 0 Å². The van der Waals surface area contributed by atoms with Crippen molar-refractivity contribution in [3.05, 3.63) is 0 Å². The summed E-state index contributed by atoms with van der Waals surface area (Å²) < 4.78 is 151. The van der Waals surface area contributed by atoms with Gasteiger partial charge in [-0.25, -0.2) is 13.2 Å². The topological polar surface area (TPSA) is 0 Å².